The number of rotatable bonds is 2. The topological polar surface area (TPSA) is 37.4 Å². The van der Waals surface area contributed by atoms with E-state index in [1.807, 2.05) is 6.04 Å². The van der Waals surface area contributed by atoms with Gasteiger partial charge in [0.15, 0.2) is 0 Å². The fraction of sp³-hybridized carbons (Fsp3) is 0.0909. The second-order valence-corrected chi connectivity index (χ2v) is 4.74. The third kappa shape index (κ3) is 2.12. The SMILES string of the molecule is C#Cc1ccc(S(=O)(=O)N(C)C#C)cc1. The third-order valence-electron chi connectivity index (χ3n) is 1.86. The molecule has 0 atom stereocenters. The molecule has 0 radical (unpaired) electrons. The lowest BCUT2D eigenvalue weighted by molar-refractivity contribution is 0.547. The van der Waals surface area contributed by atoms with Gasteiger partial charge < -0.3 is 0 Å². The van der Waals surface area contributed by atoms with Gasteiger partial charge in [0.25, 0.3) is 10.0 Å². The largest absolute Gasteiger partial charge is 0.270 e. The molecule has 1 aromatic rings. The van der Waals surface area contributed by atoms with Gasteiger partial charge in [-0.15, -0.1) is 6.42 Å². The zero-order valence-electron chi connectivity index (χ0n) is 8.14. The Morgan fingerprint density at radius 3 is 2.13 bits per heavy atom. The molecule has 0 amide bonds. The number of hydrogen-bond acceptors (Lipinski definition) is 2. The lowest BCUT2D eigenvalue weighted by atomic mass is 10.2. The normalized spacial score (nSPS) is 10.1. The van der Waals surface area contributed by atoms with Crippen LogP contribution in [0.3, 0.4) is 0 Å². The van der Waals surface area contributed by atoms with Crippen molar-refractivity contribution in [3.63, 3.8) is 0 Å². The highest BCUT2D eigenvalue weighted by molar-refractivity contribution is 7.89. The number of benzene rings is 1. The summed E-state index contributed by atoms with van der Waals surface area (Å²) in [5, 5.41) is 0. The van der Waals surface area contributed by atoms with E-state index in [9.17, 15) is 8.42 Å². The first-order chi connectivity index (χ1) is 7.02. The molecule has 0 unspecified atom stereocenters. The Labute approximate surface area is 89.8 Å². The minimum atomic E-state index is -3.59. The van der Waals surface area contributed by atoms with Gasteiger partial charge in [-0.3, -0.25) is 0 Å². The van der Waals surface area contributed by atoms with Crippen LogP contribution in [-0.2, 0) is 10.0 Å². The molecular weight excluding hydrogens is 210 g/mol. The maximum absolute atomic E-state index is 11.7. The molecule has 0 aliphatic heterocycles. The third-order valence-corrected chi connectivity index (χ3v) is 3.56. The number of hydrogen-bond donors (Lipinski definition) is 0. The van der Waals surface area contributed by atoms with E-state index in [2.05, 4.69) is 5.92 Å². The molecule has 15 heavy (non-hydrogen) atoms. The van der Waals surface area contributed by atoms with Crippen LogP contribution in [0.2, 0.25) is 0 Å². The lowest BCUT2D eigenvalue weighted by Gasteiger charge is -2.11. The van der Waals surface area contributed by atoms with Crippen LogP contribution in [0.4, 0.5) is 0 Å². The first kappa shape index (κ1) is 11.2. The Morgan fingerprint density at radius 1 is 1.20 bits per heavy atom. The van der Waals surface area contributed by atoms with Crippen molar-refractivity contribution in [1.29, 1.82) is 0 Å². The van der Waals surface area contributed by atoms with Crippen LogP contribution in [0.5, 0.6) is 0 Å². The zero-order chi connectivity index (χ0) is 11.5. The van der Waals surface area contributed by atoms with Crippen LogP contribution in [0, 0.1) is 24.8 Å². The number of sulfonamides is 1. The standard InChI is InChI=1S/C11H9NO2S/c1-4-10-6-8-11(9-7-10)15(13,14)12(3)5-2/h1-2,6-9H,3H3. The summed E-state index contributed by atoms with van der Waals surface area (Å²) >= 11 is 0. The van der Waals surface area contributed by atoms with Crippen LogP contribution < -0.4 is 0 Å². The minimum absolute atomic E-state index is 0.127. The molecule has 0 saturated carbocycles. The minimum Gasteiger partial charge on any atom is -0.228 e. The molecule has 0 aliphatic carbocycles. The van der Waals surface area contributed by atoms with E-state index in [1.54, 1.807) is 12.1 Å². The van der Waals surface area contributed by atoms with Crippen molar-refractivity contribution in [2.75, 3.05) is 7.05 Å². The maximum Gasteiger partial charge on any atom is 0.270 e. The van der Waals surface area contributed by atoms with Gasteiger partial charge in [0, 0.05) is 18.7 Å². The van der Waals surface area contributed by atoms with Crippen LogP contribution >= 0.6 is 0 Å². The monoisotopic (exact) mass is 219 g/mol. The number of nitrogens with zero attached hydrogens (tertiary/aromatic N) is 1. The first-order valence-corrected chi connectivity index (χ1v) is 5.48. The van der Waals surface area contributed by atoms with Crippen molar-refractivity contribution in [2.24, 2.45) is 0 Å². The predicted octanol–water partition coefficient (Wildman–Crippen LogP) is 0.879. The van der Waals surface area contributed by atoms with Crippen LogP contribution in [-0.4, -0.2) is 19.8 Å². The van der Waals surface area contributed by atoms with Gasteiger partial charge in [0.1, 0.15) is 0 Å². The highest BCUT2D eigenvalue weighted by Gasteiger charge is 2.17. The summed E-state index contributed by atoms with van der Waals surface area (Å²) in [7, 11) is -2.28. The van der Waals surface area contributed by atoms with Crippen LogP contribution in [0.15, 0.2) is 29.2 Å². The summed E-state index contributed by atoms with van der Waals surface area (Å²) in [5.74, 6) is 2.40. The van der Waals surface area contributed by atoms with Gasteiger partial charge in [-0.2, -0.15) is 0 Å². The Balaban J connectivity index is 3.20. The average Bonchev–Trinajstić information content (AvgIpc) is 2.28. The van der Waals surface area contributed by atoms with Crippen LogP contribution in [0.25, 0.3) is 0 Å². The van der Waals surface area contributed by atoms with Gasteiger partial charge in [-0.25, -0.2) is 12.7 Å². The van der Waals surface area contributed by atoms with Gasteiger partial charge in [-0.1, -0.05) is 12.3 Å². The van der Waals surface area contributed by atoms with E-state index in [0.29, 0.717) is 5.56 Å². The lowest BCUT2D eigenvalue weighted by Crippen LogP contribution is -2.21. The summed E-state index contributed by atoms with van der Waals surface area (Å²) in [4.78, 5) is 0.127. The fourth-order valence-electron chi connectivity index (χ4n) is 0.951. The molecule has 0 N–H and O–H groups in total. The van der Waals surface area contributed by atoms with Gasteiger partial charge in [0.2, 0.25) is 0 Å². The molecule has 0 fully saturated rings. The molecule has 1 rings (SSSR count). The quantitative estimate of drug-likeness (QED) is 0.547. The molecule has 3 nitrogen and oxygen atoms in total. The molecule has 0 aliphatic rings. The first-order valence-electron chi connectivity index (χ1n) is 4.04. The van der Waals surface area contributed by atoms with E-state index in [4.69, 9.17) is 12.8 Å². The van der Waals surface area contributed by atoms with E-state index in [1.165, 1.54) is 19.2 Å². The Hall–Kier alpha value is -1.91. The highest BCUT2D eigenvalue weighted by atomic mass is 32.2. The van der Waals surface area contributed by atoms with Crippen molar-refractivity contribution < 1.29 is 8.42 Å². The van der Waals surface area contributed by atoms with E-state index < -0.39 is 10.0 Å². The Bertz CT molecular complexity index is 529. The second-order valence-electron chi connectivity index (χ2n) is 2.77. The molecule has 76 valence electrons. The molecular formula is C11H9NO2S. The van der Waals surface area contributed by atoms with Gasteiger partial charge >= 0.3 is 0 Å². The Kier molecular flexibility index (Phi) is 3.04. The average molecular weight is 219 g/mol. The Morgan fingerprint density at radius 2 is 1.73 bits per heavy atom. The van der Waals surface area contributed by atoms with Crippen molar-refractivity contribution >= 4 is 10.0 Å². The summed E-state index contributed by atoms with van der Waals surface area (Å²) < 4.78 is 24.2. The molecule has 1 aromatic carbocycles. The maximum atomic E-state index is 11.7. The summed E-state index contributed by atoms with van der Waals surface area (Å²) in [6.45, 7) is 0. The molecule has 0 spiro atoms. The van der Waals surface area contributed by atoms with Crippen molar-refractivity contribution in [3.05, 3.63) is 29.8 Å². The van der Waals surface area contributed by atoms with E-state index >= 15 is 0 Å². The molecule has 0 saturated heterocycles. The van der Waals surface area contributed by atoms with Crippen molar-refractivity contribution in [3.8, 4) is 24.8 Å². The van der Waals surface area contributed by atoms with Crippen molar-refractivity contribution in [2.45, 2.75) is 4.90 Å². The molecule has 0 bridgehead atoms. The van der Waals surface area contributed by atoms with E-state index in [0.717, 1.165) is 4.31 Å². The van der Waals surface area contributed by atoms with Gasteiger partial charge in [-0.05, 0) is 24.3 Å². The smallest absolute Gasteiger partial charge is 0.228 e. The molecule has 4 heteroatoms. The highest BCUT2D eigenvalue weighted by Crippen LogP contribution is 2.13. The summed E-state index contributed by atoms with van der Waals surface area (Å²) in [6, 6.07) is 8.00. The summed E-state index contributed by atoms with van der Waals surface area (Å²) in [6.07, 6.45) is 10.2. The fourth-order valence-corrected chi connectivity index (χ4v) is 1.89. The second kappa shape index (κ2) is 4.08. The van der Waals surface area contributed by atoms with Gasteiger partial charge in [0.05, 0.1) is 4.90 Å². The zero-order valence-corrected chi connectivity index (χ0v) is 8.95. The predicted molar refractivity (Wildman–Crippen MR) is 58.2 cm³/mol. The summed E-state index contributed by atoms with van der Waals surface area (Å²) in [5.41, 5.74) is 0.623. The van der Waals surface area contributed by atoms with E-state index in [-0.39, 0.29) is 4.90 Å². The van der Waals surface area contributed by atoms with Crippen LogP contribution in [0.1, 0.15) is 5.56 Å². The molecule has 0 aromatic heterocycles. The number of terminal acetylenes is 2. The van der Waals surface area contributed by atoms with Crippen molar-refractivity contribution in [1.82, 2.24) is 4.31 Å². The molecule has 0 heterocycles.